The third-order valence-corrected chi connectivity index (χ3v) is 3.73. The molecule has 5 nitrogen and oxygen atoms in total. The number of hydrogen-bond acceptors (Lipinski definition) is 4. The van der Waals surface area contributed by atoms with Crippen molar-refractivity contribution in [1.29, 1.82) is 0 Å². The van der Waals surface area contributed by atoms with Crippen molar-refractivity contribution in [2.75, 3.05) is 11.9 Å². The van der Waals surface area contributed by atoms with E-state index in [0.717, 1.165) is 28.1 Å². The molecule has 20 heavy (non-hydrogen) atoms. The van der Waals surface area contributed by atoms with Crippen LogP contribution >= 0.6 is 0 Å². The summed E-state index contributed by atoms with van der Waals surface area (Å²) in [7, 11) is 0. The molecule has 1 unspecified atom stereocenters. The molecule has 2 aliphatic rings. The van der Waals surface area contributed by atoms with Crippen LogP contribution in [-0.4, -0.2) is 24.6 Å². The number of anilines is 1. The van der Waals surface area contributed by atoms with Crippen LogP contribution in [0.5, 0.6) is 5.75 Å². The molecule has 0 saturated heterocycles. The Labute approximate surface area is 117 Å². The number of fused-ring (bicyclic) bond motifs is 3. The Balaban J connectivity index is 1.94. The van der Waals surface area contributed by atoms with Crippen molar-refractivity contribution in [3.63, 3.8) is 0 Å². The predicted octanol–water partition coefficient (Wildman–Crippen LogP) is 1.75. The van der Waals surface area contributed by atoms with Crippen LogP contribution in [0.25, 0.3) is 0 Å². The van der Waals surface area contributed by atoms with Crippen molar-refractivity contribution in [2.24, 2.45) is 0 Å². The van der Waals surface area contributed by atoms with E-state index in [2.05, 4.69) is 5.32 Å². The lowest BCUT2D eigenvalue weighted by molar-refractivity contribution is -0.150. The highest BCUT2D eigenvalue weighted by Crippen LogP contribution is 2.41. The highest BCUT2D eigenvalue weighted by Gasteiger charge is 2.34. The van der Waals surface area contributed by atoms with E-state index >= 15 is 0 Å². The molecule has 1 aromatic rings. The first-order chi connectivity index (χ1) is 9.60. The van der Waals surface area contributed by atoms with Crippen molar-refractivity contribution in [2.45, 2.75) is 39.2 Å². The Kier molecular flexibility index (Phi) is 3.12. The number of rotatable bonds is 2. The van der Waals surface area contributed by atoms with Crippen molar-refractivity contribution >= 4 is 17.6 Å². The fourth-order valence-corrected chi connectivity index (χ4v) is 2.85. The van der Waals surface area contributed by atoms with Gasteiger partial charge >= 0.3 is 5.97 Å². The van der Waals surface area contributed by atoms with Gasteiger partial charge in [0.25, 0.3) is 0 Å². The summed E-state index contributed by atoms with van der Waals surface area (Å²) in [6.07, 6.45) is 1.08. The molecule has 0 fully saturated rings. The smallest absolute Gasteiger partial charge is 0.347 e. The second-order valence-electron chi connectivity index (χ2n) is 5.15. The monoisotopic (exact) mass is 275 g/mol. The lowest BCUT2D eigenvalue weighted by atomic mass is 9.94. The largest absolute Gasteiger partial charge is 0.478 e. The average Bonchev–Trinajstić information content (AvgIpc) is 2.83. The molecule has 5 heteroatoms. The summed E-state index contributed by atoms with van der Waals surface area (Å²) in [5.41, 5.74) is 3.88. The second kappa shape index (κ2) is 4.81. The summed E-state index contributed by atoms with van der Waals surface area (Å²) in [5, 5.41) is 2.89. The molecule has 1 atom stereocenters. The SMILES string of the molecule is CCOC(=O)C1Cc2cc(C)c3c(c2O1)CCC(=O)N3. The highest BCUT2D eigenvalue weighted by atomic mass is 16.6. The van der Waals surface area contributed by atoms with Gasteiger partial charge in [-0.2, -0.15) is 0 Å². The first kappa shape index (κ1) is 13.0. The molecule has 1 N–H and O–H groups in total. The number of carbonyl (C=O) groups excluding carboxylic acids is 2. The fourth-order valence-electron chi connectivity index (χ4n) is 2.85. The molecule has 1 amide bonds. The van der Waals surface area contributed by atoms with Crippen molar-refractivity contribution in [3.05, 3.63) is 22.8 Å². The topological polar surface area (TPSA) is 64.6 Å². The van der Waals surface area contributed by atoms with Crippen molar-refractivity contribution in [1.82, 2.24) is 0 Å². The van der Waals surface area contributed by atoms with Gasteiger partial charge in [-0.3, -0.25) is 4.79 Å². The lowest BCUT2D eigenvalue weighted by Crippen LogP contribution is -2.27. The van der Waals surface area contributed by atoms with Crippen LogP contribution in [0, 0.1) is 6.92 Å². The van der Waals surface area contributed by atoms with Gasteiger partial charge in [-0.1, -0.05) is 6.07 Å². The predicted molar refractivity (Wildman–Crippen MR) is 72.9 cm³/mol. The number of amides is 1. The van der Waals surface area contributed by atoms with Gasteiger partial charge in [0.05, 0.1) is 12.3 Å². The van der Waals surface area contributed by atoms with Crippen LogP contribution < -0.4 is 10.1 Å². The number of ether oxygens (including phenoxy) is 2. The van der Waals surface area contributed by atoms with Crippen LogP contribution in [0.15, 0.2) is 6.07 Å². The summed E-state index contributed by atoms with van der Waals surface area (Å²) < 4.78 is 10.8. The molecule has 0 radical (unpaired) electrons. The standard InChI is InChI=1S/C15H17NO4/c1-3-19-15(18)11-7-9-6-8(2)13-10(14(9)20-11)4-5-12(17)16-13/h6,11H,3-5,7H2,1-2H3,(H,16,17). The summed E-state index contributed by atoms with van der Waals surface area (Å²) in [5.74, 6) is 0.457. The Bertz CT molecular complexity index is 594. The molecular weight excluding hydrogens is 258 g/mol. The summed E-state index contributed by atoms with van der Waals surface area (Å²) in [6.45, 7) is 4.09. The molecule has 0 spiro atoms. The van der Waals surface area contributed by atoms with E-state index in [1.165, 1.54) is 0 Å². The first-order valence-electron chi connectivity index (χ1n) is 6.88. The van der Waals surface area contributed by atoms with Crippen LogP contribution in [0.1, 0.15) is 30.0 Å². The van der Waals surface area contributed by atoms with Gasteiger partial charge in [0.1, 0.15) is 5.75 Å². The third kappa shape index (κ3) is 2.03. The normalized spacial score (nSPS) is 19.7. The van der Waals surface area contributed by atoms with E-state index in [-0.39, 0.29) is 11.9 Å². The molecule has 0 saturated carbocycles. The molecule has 106 valence electrons. The molecule has 2 heterocycles. The molecule has 1 aromatic carbocycles. The minimum absolute atomic E-state index is 0.0282. The van der Waals surface area contributed by atoms with Crippen molar-refractivity contribution < 1.29 is 19.1 Å². The highest BCUT2D eigenvalue weighted by molar-refractivity contribution is 5.96. The fraction of sp³-hybridized carbons (Fsp3) is 0.467. The van der Waals surface area contributed by atoms with E-state index < -0.39 is 6.10 Å². The number of benzene rings is 1. The third-order valence-electron chi connectivity index (χ3n) is 3.73. The maximum absolute atomic E-state index is 11.8. The zero-order valence-electron chi connectivity index (χ0n) is 11.6. The number of nitrogens with one attached hydrogen (secondary N) is 1. The van der Waals surface area contributed by atoms with Crippen LogP contribution in [0.2, 0.25) is 0 Å². The summed E-state index contributed by atoms with van der Waals surface area (Å²) >= 11 is 0. The zero-order valence-corrected chi connectivity index (χ0v) is 11.6. The van der Waals surface area contributed by atoms with Crippen molar-refractivity contribution in [3.8, 4) is 5.75 Å². The van der Waals surface area contributed by atoms with E-state index in [1.54, 1.807) is 6.92 Å². The van der Waals surface area contributed by atoms with E-state index in [9.17, 15) is 9.59 Å². The number of hydrogen-bond donors (Lipinski definition) is 1. The molecular formula is C15H17NO4. The van der Waals surface area contributed by atoms with E-state index in [0.29, 0.717) is 25.9 Å². The van der Waals surface area contributed by atoms with Crippen LogP contribution in [-0.2, 0) is 27.2 Å². The van der Waals surface area contributed by atoms with E-state index in [1.807, 2.05) is 13.0 Å². The Morgan fingerprint density at radius 3 is 3.05 bits per heavy atom. The lowest BCUT2D eigenvalue weighted by Gasteiger charge is -2.21. The van der Waals surface area contributed by atoms with E-state index in [4.69, 9.17) is 9.47 Å². The zero-order chi connectivity index (χ0) is 14.3. The van der Waals surface area contributed by atoms with Gasteiger partial charge in [-0.15, -0.1) is 0 Å². The van der Waals surface area contributed by atoms with Gasteiger partial charge in [0.15, 0.2) is 6.10 Å². The van der Waals surface area contributed by atoms with Gasteiger partial charge in [0.2, 0.25) is 5.91 Å². The number of esters is 1. The molecule has 0 aromatic heterocycles. The van der Waals surface area contributed by atoms with Gasteiger partial charge in [-0.25, -0.2) is 4.79 Å². The minimum atomic E-state index is -0.562. The summed E-state index contributed by atoms with van der Waals surface area (Å²) in [4.78, 5) is 23.3. The molecule has 3 rings (SSSR count). The Morgan fingerprint density at radius 1 is 1.50 bits per heavy atom. The van der Waals surface area contributed by atoms with Gasteiger partial charge in [0, 0.05) is 18.4 Å². The minimum Gasteiger partial charge on any atom is -0.478 e. The Morgan fingerprint density at radius 2 is 2.30 bits per heavy atom. The number of carbonyl (C=O) groups is 2. The molecule has 0 bridgehead atoms. The maximum atomic E-state index is 11.8. The van der Waals surface area contributed by atoms with Crippen LogP contribution in [0.4, 0.5) is 5.69 Å². The Hall–Kier alpha value is -2.04. The molecule has 2 aliphatic heterocycles. The van der Waals surface area contributed by atoms with Gasteiger partial charge in [-0.05, 0) is 31.4 Å². The maximum Gasteiger partial charge on any atom is 0.347 e. The average molecular weight is 275 g/mol. The summed E-state index contributed by atoms with van der Waals surface area (Å²) in [6, 6.07) is 1.99. The van der Waals surface area contributed by atoms with Gasteiger partial charge < -0.3 is 14.8 Å². The quantitative estimate of drug-likeness (QED) is 0.835. The molecule has 0 aliphatic carbocycles. The number of aryl methyl sites for hydroxylation is 1. The van der Waals surface area contributed by atoms with Crippen LogP contribution in [0.3, 0.4) is 0 Å². The second-order valence-corrected chi connectivity index (χ2v) is 5.15. The first-order valence-corrected chi connectivity index (χ1v) is 6.88.